The summed E-state index contributed by atoms with van der Waals surface area (Å²) in [4.78, 5) is 25.3. The molecule has 0 spiro atoms. The summed E-state index contributed by atoms with van der Waals surface area (Å²) >= 11 is 1.01. The van der Waals surface area contributed by atoms with Crippen molar-refractivity contribution in [3.05, 3.63) is 85.5 Å². The lowest BCUT2D eigenvalue weighted by Crippen LogP contribution is -2.31. The number of thiazole rings is 1. The van der Waals surface area contributed by atoms with E-state index in [2.05, 4.69) is 0 Å². The van der Waals surface area contributed by atoms with Gasteiger partial charge >= 0.3 is 5.97 Å². The van der Waals surface area contributed by atoms with Crippen LogP contribution in [-0.4, -0.2) is 17.1 Å². The maximum atomic E-state index is 13.1. The van der Waals surface area contributed by atoms with E-state index in [1.54, 1.807) is 55.5 Å². The molecule has 0 atom stereocenters. The van der Waals surface area contributed by atoms with Crippen LogP contribution in [0.3, 0.4) is 0 Å². The molecule has 5 nitrogen and oxygen atoms in total. The van der Waals surface area contributed by atoms with Gasteiger partial charge in [-0.15, -0.1) is 11.3 Å². The molecule has 3 aromatic rings. The fourth-order valence-corrected chi connectivity index (χ4v) is 3.65. The van der Waals surface area contributed by atoms with E-state index in [0.717, 1.165) is 11.3 Å². The normalized spacial score (nSPS) is 12.4. The molecule has 2 aromatic carbocycles. The second-order valence-electron chi connectivity index (χ2n) is 5.65. The molecule has 0 aliphatic carbocycles. The summed E-state index contributed by atoms with van der Waals surface area (Å²) in [6.45, 7) is 1.75. The van der Waals surface area contributed by atoms with Crippen molar-refractivity contribution in [2.45, 2.75) is 6.92 Å². The summed E-state index contributed by atoms with van der Waals surface area (Å²) in [5.41, 5.74) is 0.523. The molecular formula is C21H15FN2O3S. The third-order valence-electron chi connectivity index (χ3n) is 3.81. The van der Waals surface area contributed by atoms with Gasteiger partial charge < -0.3 is 4.74 Å². The van der Waals surface area contributed by atoms with E-state index >= 15 is 0 Å². The van der Waals surface area contributed by atoms with Crippen LogP contribution in [0.1, 0.15) is 12.5 Å². The van der Waals surface area contributed by atoms with Gasteiger partial charge in [-0.3, -0.25) is 9.36 Å². The lowest BCUT2D eigenvalue weighted by atomic mass is 10.2. The maximum absolute atomic E-state index is 13.1. The number of aromatic nitrogens is 1. The number of ether oxygens (including phenoxy) is 1. The number of nitrogens with zero attached hydrogens (tertiary/aromatic N) is 2. The van der Waals surface area contributed by atoms with Crippen molar-refractivity contribution >= 4 is 29.0 Å². The van der Waals surface area contributed by atoms with Gasteiger partial charge in [-0.25, -0.2) is 9.18 Å². The van der Waals surface area contributed by atoms with E-state index in [4.69, 9.17) is 4.74 Å². The molecule has 140 valence electrons. The summed E-state index contributed by atoms with van der Waals surface area (Å²) in [6, 6.07) is 16.2. The topological polar surface area (TPSA) is 72.1 Å². The number of carbonyl (C=O) groups excluding carboxylic acids is 1. The van der Waals surface area contributed by atoms with Crippen molar-refractivity contribution in [3.8, 4) is 11.8 Å². The van der Waals surface area contributed by atoms with Gasteiger partial charge in [0.15, 0.2) is 5.57 Å². The molecular weight excluding hydrogens is 379 g/mol. The number of nitriles is 1. The Hall–Kier alpha value is -3.50. The lowest BCUT2D eigenvalue weighted by Gasteiger charge is -2.03. The molecule has 1 aromatic heterocycles. The van der Waals surface area contributed by atoms with Crippen LogP contribution in [0, 0.1) is 17.1 Å². The Kier molecular flexibility index (Phi) is 5.82. The Morgan fingerprint density at radius 1 is 1.21 bits per heavy atom. The number of rotatable bonds is 4. The molecule has 0 amide bonds. The number of benzene rings is 2. The molecule has 0 radical (unpaired) electrons. The summed E-state index contributed by atoms with van der Waals surface area (Å²) in [5.74, 6) is -1.17. The monoisotopic (exact) mass is 394 g/mol. The largest absolute Gasteiger partial charge is 0.462 e. The summed E-state index contributed by atoms with van der Waals surface area (Å²) in [7, 11) is 0. The highest BCUT2D eigenvalue weighted by molar-refractivity contribution is 7.07. The SMILES string of the molecule is CCOC(=O)C(C#N)=c1sc(=Cc2ccc(F)cc2)c(=O)n1-c1ccccc1. The molecule has 0 aliphatic rings. The predicted octanol–water partition coefficient (Wildman–Crippen LogP) is 2.10. The zero-order valence-electron chi connectivity index (χ0n) is 14.9. The Bertz CT molecular complexity index is 1220. The Balaban J connectivity index is 2.36. The number of para-hydroxylation sites is 1. The highest BCUT2D eigenvalue weighted by atomic mass is 32.1. The Morgan fingerprint density at radius 3 is 2.50 bits per heavy atom. The Labute approximate surface area is 163 Å². The predicted molar refractivity (Wildman–Crippen MR) is 105 cm³/mol. The maximum Gasteiger partial charge on any atom is 0.351 e. The van der Waals surface area contributed by atoms with Crippen molar-refractivity contribution < 1.29 is 13.9 Å². The van der Waals surface area contributed by atoms with Crippen LogP contribution in [0.25, 0.3) is 17.3 Å². The van der Waals surface area contributed by atoms with Crippen molar-refractivity contribution in [3.63, 3.8) is 0 Å². The van der Waals surface area contributed by atoms with Gasteiger partial charge in [0.2, 0.25) is 0 Å². The summed E-state index contributed by atoms with van der Waals surface area (Å²) < 4.78 is 19.9. The zero-order chi connectivity index (χ0) is 20.1. The molecule has 0 saturated carbocycles. The van der Waals surface area contributed by atoms with Crippen LogP contribution >= 0.6 is 11.3 Å². The standard InChI is InChI=1S/C21H15FN2O3S/c1-2-27-21(26)17(13-23)20-24(16-6-4-3-5-7-16)19(25)18(28-20)12-14-8-10-15(22)11-9-14/h3-12H,2H2,1H3. The van der Waals surface area contributed by atoms with Crippen LogP contribution in [0.5, 0.6) is 0 Å². The second kappa shape index (κ2) is 8.46. The first kappa shape index (κ1) is 19.3. The summed E-state index contributed by atoms with van der Waals surface area (Å²) in [5, 5.41) is 9.52. The number of hydrogen-bond acceptors (Lipinski definition) is 5. The van der Waals surface area contributed by atoms with Crippen LogP contribution in [0.2, 0.25) is 0 Å². The fourth-order valence-electron chi connectivity index (χ4n) is 2.56. The van der Waals surface area contributed by atoms with Crippen LogP contribution < -0.4 is 14.8 Å². The van der Waals surface area contributed by atoms with Gasteiger partial charge in [0.1, 0.15) is 16.5 Å². The Morgan fingerprint density at radius 2 is 1.89 bits per heavy atom. The minimum Gasteiger partial charge on any atom is -0.462 e. The van der Waals surface area contributed by atoms with Crippen molar-refractivity contribution in [2.75, 3.05) is 6.61 Å². The molecule has 0 bridgehead atoms. The highest BCUT2D eigenvalue weighted by Gasteiger charge is 2.17. The fraction of sp³-hybridized carbons (Fsp3) is 0.0952. The number of halogens is 1. The van der Waals surface area contributed by atoms with Gasteiger partial charge in [-0.2, -0.15) is 5.26 Å². The minimum absolute atomic E-state index is 0.111. The molecule has 0 unspecified atom stereocenters. The first-order valence-electron chi connectivity index (χ1n) is 8.41. The van der Waals surface area contributed by atoms with Crippen molar-refractivity contribution in [2.24, 2.45) is 0 Å². The first-order valence-corrected chi connectivity index (χ1v) is 9.23. The summed E-state index contributed by atoms with van der Waals surface area (Å²) in [6.07, 6.45) is 1.59. The van der Waals surface area contributed by atoms with E-state index < -0.39 is 5.97 Å². The van der Waals surface area contributed by atoms with Crippen LogP contribution in [-0.2, 0) is 9.53 Å². The molecule has 0 saturated heterocycles. The third-order valence-corrected chi connectivity index (χ3v) is 4.90. The smallest absolute Gasteiger partial charge is 0.351 e. The van der Waals surface area contributed by atoms with Crippen LogP contribution in [0.4, 0.5) is 4.39 Å². The molecule has 0 N–H and O–H groups in total. The third kappa shape index (κ3) is 3.92. The first-order chi connectivity index (χ1) is 13.5. The molecule has 0 fully saturated rings. The quantitative estimate of drug-likeness (QED) is 0.636. The van der Waals surface area contributed by atoms with Crippen molar-refractivity contribution in [1.29, 1.82) is 5.26 Å². The number of hydrogen-bond donors (Lipinski definition) is 0. The molecule has 3 rings (SSSR count). The van der Waals surface area contributed by atoms with Gasteiger partial charge in [-0.1, -0.05) is 30.3 Å². The van der Waals surface area contributed by atoms with Gasteiger partial charge in [0.05, 0.1) is 16.8 Å². The number of esters is 1. The molecule has 7 heteroatoms. The average molecular weight is 394 g/mol. The molecule has 1 heterocycles. The van der Waals surface area contributed by atoms with Crippen LogP contribution in [0.15, 0.2) is 59.4 Å². The van der Waals surface area contributed by atoms with E-state index in [-0.39, 0.29) is 28.2 Å². The van der Waals surface area contributed by atoms with Gasteiger partial charge in [0.25, 0.3) is 5.56 Å². The molecule has 28 heavy (non-hydrogen) atoms. The van der Waals surface area contributed by atoms with E-state index in [1.807, 2.05) is 6.07 Å². The average Bonchev–Trinajstić information content (AvgIpc) is 3.01. The highest BCUT2D eigenvalue weighted by Crippen LogP contribution is 2.06. The van der Waals surface area contributed by atoms with E-state index in [9.17, 15) is 19.2 Å². The second-order valence-corrected chi connectivity index (χ2v) is 6.68. The van der Waals surface area contributed by atoms with Gasteiger partial charge in [-0.05, 0) is 42.8 Å². The van der Waals surface area contributed by atoms with E-state index in [1.165, 1.54) is 16.7 Å². The van der Waals surface area contributed by atoms with Gasteiger partial charge in [0, 0.05) is 0 Å². The lowest BCUT2D eigenvalue weighted by molar-refractivity contribution is -0.136. The zero-order valence-corrected chi connectivity index (χ0v) is 15.7. The van der Waals surface area contributed by atoms with Crippen molar-refractivity contribution in [1.82, 2.24) is 4.57 Å². The minimum atomic E-state index is -0.788. The number of carbonyl (C=O) groups is 1. The van der Waals surface area contributed by atoms with E-state index in [0.29, 0.717) is 15.8 Å². The molecule has 0 aliphatic heterocycles.